The molecule has 1 aromatic rings. The van der Waals surface area contributed by atoms with Gasteiger partial charge in [-0.15, -0.1) is 0 Å². The van der Waals surface area contributed by atoms with Gasteiger partial charge in [0.2, 0.25) is 0 Å². The first-order chi connectivity index (χ1) is 9.97. The molecule has 0 saturated heterocycles. The number of benzene rings is 1. The Bertz CT molecular complexity index is 464. The van der Waals surface area contributed by atoms with E-state index in [2.05, 4.69) is 55.5 Å². The summed E-state index contributed by atoms with van der Waals surface area (Å²) in [5.41, 5.74) is 1.69. The normalized spacial score (nSPS) is 24.9. The van der Waals surface area contributed by atoms with Crippen LogP contribution in [0.15, 0.2) is 34.7 Å². The molecule has 1 heterocycles. The predicted octanol–water partition coefficient (Wildman–Crippen LogP) is 5.38. The Hall–Kier alpha value is -0.960. The summed E-state index contributed by atoms with van der Waals surface area (Å²) in [5, 5.41) is 0.646. The van der Waals surface area contributed by atoms with Crippen LogP contribution in [-0.2, 0) is 10.2 Å². The Morgan fingerprint density at radius 3 is 2.38 bits per heavy atom. The van der Waals surface area contributed by atoms with Crippen LogP contribution >= 0.6 is 11.9 Å². The van der Waals surface area contributed by atoms with Gasteiger partial charge in [-0.2, -0.15) is 4.40 Å². The van der Waals surface area contributed by atoms with Crippen molar-refractivity contribution < 1.29 is 4.74 Å². The molecule has 1 aromatic carbocycles. The van der Waals surface area contributed by atoms with Gasteiger partial charge >= 0.3 is 0 Å². The van der Waals surface area contributed by atoms with Crippen molar-refractivity contribution in [2.45, 2.75) is 70.1 Å². The number of nitrogens with zero attached hydrogens (tertiary/aromatic N) is 1. The third-order valence-corrected chi connectivity index (χ3v) is 5.09. The van der Waals surface area contributed by atoms with Crippen molar-refractivity contribution in [2.24, 2.45) is 4.40 Å². The summed E-state index contributed by atoms with van der Waals surface area (Å²) in [6.45, 7) is 8.62. The summed E-state index contributed by atoms with van der Waals surface area (Å²) in [6.07, 6.45) is 5.66. The molecular formula is C18H27NOS. The lowest BCUT2D eigenvalue weighted by atomic mass is 9.87. The fourth-order valence-corrected chi connectivity index (χ4v) is 3.57. The van der Waals surface area contributed by atoms with E-state index in [-0.39, 0.29) is 0 Å². The SMILES string of the molecule is CC(C)(C)c1ccccc1.CC1=NSC2CCCCC2O1. The van der Waals surface area contributed by atoms with E-state index in [0.29, 0.717) is 16.8 Å². The molecule has 2 atom stereocenters. The minimum atomic E-state index is 0.293. The van der Waals surface area contributed by atoms with E-state index in [0.717, 1.165) is 5.90 Å². The Morgan fingerprint density at radius 2 is 1.76 bits per heavy atom. The molecule has 0 amide bonds. The molecule has 1 aliphatic heterocycles. The highest BCUT2D eigenvalue weighted by Gasteiger charge is 2.30. The van der Waals surface area contributed by atoms with Gasteiger partial charge in [-0.05, 0) is 42.2 Å². The summed E-state index contributed by atoms with van der Waals surface area (Å²) < 4.78 is 9.84. The highest BCUT2D eigenvalue weighted by molar-refractivity contribution is 7.98. The van der Waals surface area contributed by atoms with Crippen molar-refractivity contribution in [1.82, 2.24) is 0 Å². The van der Waals surface area contributed by atoms with Crippen LogP contribution < -0.4 is 0 Å². The molecule has 1 saturated carbocycles. The van der Waals surface area contributed by atoms with E-state index in [1.54, 1.807) is 11.9 Å². The monoisotopic (exact) mass is 305 g/mol. The molecule has 2 aliphatic rings. The molecule has 2 unspecified atom stereocenters. The van der Waals surface area contributed by atoms with Crippen LogP contribution in [0.4, 0.5) is 0 Å². The lowest BCUT2D eigenvalue weighted by molar-refractivity contribution is 0.145. The van der Waals surface area contributed by atoms with E-state index < -0.39 is 0 Å². The smallest absolute Gasteiger partial charge is 0.192 e. The van der Waals surface area contributed by atoms with Crippen molar-refractivity contribution in [3.8, 4) is 0 Å². The molecule has 21 heavy (non-hydrogen) atoms. The summed E-state index contributed by atoms with van der Waals surface area (Å²) in [4.78, 5) is 0. The molecular weight excluding hydrogens is 278 g/mol. The molecule has 0 bridgehead atoms. The maximum absolute atomic E-state index is 5.62. The summed E-state index contributed by atoms with van der Waals surface area (Å²) >= 11 is 1.72. The lowest BCUT2D eigenvalue weighted by Crippen LogP contribution is -2.33. The average molecular weight is 305 g/mol. The van der Waals surface area contributed by atoms with Crippen LogP contribution in [0.5, 0.6) is 0 Å². The minimum Gasteiger partial charge on any atom is -0.476 e. The molecule has 1 fully saturated rings. The Kier molecular flexibility index (Phi) is 5.74. The van der Waals surface area contributed by atoms with Crippen LogP contribution in [0.1, 0.15) is 58.9 Å². The molecule has 2 nitrogen and oxygen atoms in total. The second-order valence-corrected chi connectivity index (χ2v) is 7.81. The molecule has 0 spiro atoms. The van der Waals surface area contributed by atoms with Crippen molar-refractivity contribution in [3.63, 3.8) is 0 Å². The number of fused-ring (bicyclic) bond motifs is 1. The quantitative estimate of drug-likeness (QED) is 0.600. The number of rotatable bonds is 0. The molecule has 3 heteroatoms. The molecule has 1 aliphatic carbocycles. The summed E-state index contributed by atoms with van der Waals surface area (Å²) in [5.74, 6) is 0.859. The first kappa shape index (κ1) is 16.4. The van der Waals surface area contributed by atoms with Gasteiger partial charge in [-0.25, -0.2) is 0 Å². The second kappa shape index (κ2) is 7.35. The van der Waals surface area contributed by atoms with Gasteiger partial charge in [0.25, 0.3) is 0 Å². The van der Waals surface area contributed by atoms with Gasteiger partial charge in [0, 0.05) is 6.92 Å². The van der Waals surface area contributed by atoms with Gasteiger partial charge in [-0.1, -0.05) is 57.5 Å². The average Bonchev–Trinajstić information content (AvgIpc) is 2.48. The zero-order valence-corrected chi connectivity index (χ0v) is 14.5. The summed E-state index contributed by atoms with van der Waals surface area (Å²) in [6, 6.07) is 10.6. The summed E-state index contributed by atoms with van der Waals surface area (Å²) in [7, 11) is 0. The molecule has 0 N–H and O–H groups in total. The van der Waals surface area contributed by atoms with Crippen LogP contribution in [0, 0.1) is 0 Å². The fourth-order valence-electron chi connectivity index (χ4n) is 2.64. The van der Waals surface area contributed by atoms with Gasteiger partial charge in [0.15, 0.2) is 5.90 Å². The second-order valence-electron chi connectivity index (χ2n) is 6.81. The molecule has 116 valence electrons. The maximum atomic E-state index is 5.62. The molecule has 0 aromatic heterocycles. The van der Waals surface area contributed by atoms with Crippen LogP contribution in [0.2, 0.25) is 0 Å². The van der Waals surface area contributed by atoms with Gasteiger partial charge < -0.3 is 4.74 Å². The van der Waals surface area contributed by atoms with Crippen molar-refractivity contribution in [3.05, 3.63) is 35.9 Å². The van der Waals surface area contributed by atoms with E-state index in [9.17, 15) is 0 Å². The van der Waals surface area contributed by atoms with E-state index in [1.807, 2.05) is 6.92 Å². The van der Waals surface area contributed by atoms with Crippen LogP contribution in [0.25, 0.3) is 0 Å². The maximum Gasteiger partial charge on any atom is 0.192 e. The van der Waals surface area contributed by atoms with E-state index in [1.165, 1.54) is 31.2 Å². The first-order valence-electron chi connectivity index (χ1n) is 7.89. The van der Waals surface area contributed by atoms with Crippen molar-refractivity contribution in [2.75, 3.05) is 0 Å². The third-order valence-electron chi connectivity index (χ3n) is 3.92. The van der Waals surface area contributed by atoms with Crippen LogP contribution in [0.3, 0.4) is 0 Å². The Balaban J connectivity index is 0.000000155. The third kappa shape index (κ3) is 5.06. The highest BCUT2D eigenvalue weighted by atomic mass is 32.2. The Morgan fingerprint density at radius 1 is 1.10 bits per heavy atom. The lowest BCUT2D eigenvalue weighted by Gasteiger charge is -2.32. The highest BCUT2D eigenvalue weighted by Crippen LogP contribution is 2.34. The van der Waals surface area contributed by atoms with E-state index >= 15 is 0 Å². The van der Waals surface area contributed by atoms with Crippen molar-refractivity contribution >= 4 is 17.8 Å². The number of ether oxygens (including phenoxy) is 1. The zero-order valence-electron chi connectivity index (χ0n) is 13.6. The van der Waals surface area contributed by atoms with Crippen molar-refractivity contribution in [1.29, 1.82) is 0 Å². The standard InChI is InChI=1S/C10H14.C8H13NOS/c1-10(2,3)9-7-5-4-6-8-9;1-6-9-11-8-5-3-2-4-7(8)10-6/h4-8H,1-3H3;7-8H,2-5H2,1H3. The largest absolute Gasteiger partial charge is 0.476 e. The molecule has 0 radical (unpaired) electrons. The van der Waals surface area contributed by atoms with Crippen LogP contribution in [-0.4, -0.2) is 17.3 Å². The van der Waals surface area contributed by atoms with Gasteiger partial charge in [0.1, 0.15) is 6.10 Å². The fraction of sp³-hybridized carbons (Fsp3) is 0.611. The van der Waals surface area contributed by atoms with Gasteiger partial charge in [0.05, 0.1) is 5.25 Å². The van der Waals surface area contributed by atoms with E-state index in [4.69, 9.17) is 4.74 Å². The number of hydrogen-bond acceptors (Lipinski definition) is 3. The Labute approximate surface area is 133 Å². The first-order valence-corrected chi connectivity index (χ1v) is 8.73. The number of hydrogen-bond donors (Lipinski definition) is 0. The topological polar surface area (TPSA) is 21.6 Å². The molecule has 3 rings (SSSR count). The minimum absolute atomic E-state index is 0.293. The predicted molar refractivity (Wildman–Crippen MR) is 93.0 cm³/mol. The van der Waals surface area contributed by atoms with Gasteiger partial charge in [-0.3, -0.25) is 0 Å². The zero-order chi connectivity index (χ0) is 15.3.